The molecule has 0 aliphatic heterocycles. The molecular formula is C21H23N7O3. The maximum Gasteiger partial charge on any atom is 0.203 e. The van der Waals surface area contributed by atoms with Crippen LogP contribution in [0.2, 0.25) is 0 Å². The van der Waals surface area contributed by atoms with Gasteiger partial charge in [-0.15, -0.1) is 0 Å². The molecule has 0 spiro atoms. The van der Waals surface area contributed by atoms with E-state index in [0.717, 1.165) is 23.3 Å². The van der Waals surface area contributed by atoms with Gasteiger partial charge in [-0.05, 0) is 18.8 Å². The molecule has 0 saturated heterocycles. The molecule has 1 aromatic carbocycles. The van der Waals surface area contributed by atoms with Gasteiger partial charge in [0.1, 0.15) is 24.3 Å². The van der Waals surface area contributed by atoms with E-state index in [0.29, 0.717) is 34.8 Å². The van der Waals surface area contributed by atoms with Crippen molar-refractivity contribution in [3.8, 4) is 22.9 Å². The molecule has 0 bridgehead atoms. The summed E-state index contributed by atoms with van der Waals surface area (Å²) in [4.78, 5) is 13.3. The number of hydrogen-bond acceptors (Lipinski definition) is 8. The van der Waals surface area contributed by atoms with Crippen LogP contribution in [0.4, 0.5) is 11.6 Å². The first-order valence-corrected chi connectivity index (χ1v) is 9.98. The van der Waals surface area contributed by atoms with Gasteiger partial charge in [-0.2, -0.15) is 5.10 Å². The number of aromatic nitrogens is 6. The maximum atomic E-state index is 5.45. The Kier molecular flexibility index (Phi) is 4.81. The largest absolute Gasteiger partial charge is 0.493 e. The summed E-state index contributed by atoms with van der Waals surface area (Å²) in [5.41, 5.74) is 1.65. The highest BCUT2D eigenvalue weighted by Gasteiger charge is 2.23. The topological polar surface area (TPSA) is 101 Å². The Morgan fingerprint density at radius 3 is 2.48 bits per heavy atom. The van der Waals surface area contributed by atoms with Crippen LogP contribution in [-0.4, -0.2) is 50.6 Å². The molecule has 31 heavy (non-hydrogen) atoms. The highest BCUT2D eigenvalue weighted by atomic mass is 16.5. The molecule has 1 aliphatic carbocycles. The zero-order valence-electron chi connectivity index (χ0n) is 17.6. The molecule has 5 rings (SSSR count). The van der Waals surface area contributed by atoms with Crippen molar-refractivity contribution >= 4 is 22.7 Å². The fraction of sp³-hybridized carbons (Fsp3) is 0.333. The van der Waals surface area contributed by atoms with Gasteiger partial charge in [-0.3, -0.25) is 0 Å². The van der Waals surface area contributed by atoms with E-state index in [1.807, 2.05) is 27.6 Å². The highest BCUT2D eigenvalue weighted by Crippen LogP contribution is 2.39. The minimum atomic E-state index is 0.541. The second-order valence-corrected chi connectivity index (χ2v) is 7.40. The molecule has 4 aromatic rings. The quantitative estimate of drug-likeness (QED) is 0.463. The number of nitrogens with one attached hydrogen (secondary N) is 1. The molecular weight excluding hydrogens is 398 g/mol. The number of hydrogen-bond donors (Lipinski definition) is 1. The van der Waals surface area contributed by atoms with E-state index in [-0.39, 0.29) is 0 Å². The third kappa shape index (κ3) is 3.60. The molecule has 3 heterocycles. The van der Waals surface area contributed by atoms with E-state index >= 15 is 0 Å². The summed E-state index contributed by atoms with van der Waals surface area (Å²) in [6.45, 7) is 0.899. The monoisotopic (exact) mass is 421 g/mol. The molecule has 10 heteroatoms. The number of anilines is 2. The number of benzene rings is 1. The van der Waals surface area contributed by atoms with Crippen LogP contribution in [0.15, 0.2) is 37.2 Å². The van der Waals surface area contributed by atoms with Crippen molar-refractivity contribution in [2.45, 2.75) is 19.4 Å². The van der Waals surface area contributed by atoms with E-state index in [2.05, 4.69) is 25.4 Å². The maximum absolute atomic E-state index is 5.45. The van der Waals surface area contributed by atoms with Crippen LogP contribution < -0.4 is 19.5 Å². The van der Waals surface area contributed by atoms with Gasteiger partial charge < -0.3 is 24.1 Å². The Balaban J connectivity index is 1.43. The average molecular weight is 421 g/mol. The third-order valence-corrected chi connectivity index (χ3v) is 5.34. The van der Waals surface area contributed by atoms with Crippen molar-refractivity contribution < 1.29 is 14.2 Å². The lowest BCUT2D eigenvalue weighted by Gasteiger charge is -2.14. The van der Waals surface area contributed by atoms with Crippen molar-refractivity contribution in [2.24, 2.45) is 5.92 Å². The fourth-order valence-corrected chi connectivity index (χ4v) is 3.54. The van der Waals surface area contributed by atoms with Crippen LogP contribution in [0.1, 0.15) is 12.8 Å². The number of methoxy groups -OCH3 is 3. The molecule has 1 aliphatic rings. The van der Waals surface area contributed by atoms with E-state index < -0.39 is 0 Å². The van der Waals surface area contributed by atoms with Crippen LogP contribution in [0.25, 0.3) is 16.7 Å². The minimum Gasteiger partial charge on any atom is -0.493 e. The van der Waals surface area contributed by atoms with Gasteiger partial charge >= 0.3 is 0 Å². The van der Waals surface area contributed by atoms with Gasteiger partial charge in [-0.25, -0.2) is 19.6 Å². The lowest BCUT2D eigenvalue weighted by molar-refractivity contribution is 0.324. The molecule has 0 radical (unpaired) electrons. The summed E-state index contributed by atoms with van der Waals surface area (Å²) in [6, 6.07) is 3.72. The first-order valence-electron chi connectivity index (χ1n) is 9.98. The van der Waals surface area contributed by atoms with E-state index in [9.17, 15) is 0 Å². The van der Waals surface area contributed by atoms with Crippen molar-refractivity contribution in [3.63, 3.8) is 0 Å². The standard InChI is InChI=1S/C21H23N7O3/c1-29-16-6-14(7-17(30-2)19(16)31-3)27-10-18(24-12-27)26-20-15-8-25-28(9-13-4-5-13)21(15)23-11-22-20/h6-8,10-13H,4-5,9H2,1-3H3,(H,22,23,26). The summed E-state index contributed by atoms with van der Waals surface area (Å²) < 4.78 is 20.1. The van der Waals surface area contributed by atoms with Gasteiger partial charge in [0, 0.05) is 18.7 Å². The zero-order valence-corrected chi connectivity index (χ0v) is 17.6. The Labute approximate surface area is 178 Å². The van der Waals surface area contributed by atoms with Crippen molar-refractivity contribution in [2.75, 3.05) is 26.6 Å². The van der Waals surface area contributed by atoms with Crippen LogP contribution >= 0.6 is 0 Å². The van der Waals surface area contributed by atoms with Gasteiger partial charge in [0.05, 0.1) is 44.8 Å². The second kappa shape index (κ2) is 7.78. The van der Waals surface area contributed by atoms with Crippen molar-refractivity contribution in [3.05, 3.63) is 37.2 Å². The second-order valence-electron chi connectivity index (χ2n) is 7.40. The first kappa shape index (κ1) is 19.2. The van der Waals surface area contributed by atoms with Gasteiger partial charge in [0.25, 0.3) is 0 Å². The number of ether oxygens (including phenoxy) is 3. The molecule has 1 saturated carbocycles. The van der Waals surface area contributed by atoms with E-state index in [4.69, 9.17) is 14.2 Å². The van der Waals surface area contributed by atoms with E-state index in [1.165, 1.54) is 12.8 Å². The lowest BCUT2D eigenvalue weighted by atomic mass is 10.2. The predicted octanol–water partition coefficient (Wildman–Crippen LogP) is 3.19. The van der Waals surface area contributed by atoms with Crippen molar-refractivity contribution in [1.82, 2.24) is 29.3 Å². The number of fused-ring (bicyclic) bond motifs is 1. The van der Waals surface area contributed by atoms with Crippen LogP contribution in [0, 0.1) is 5.92 Å². The molecule has 0 amide bonds. The Morgan fingerprint density at radius 1 is 1.03 bits per heavy atom. The van der Waals surface area contributed by atoms with Gasteiger partial charge in [-0.1, -0.05) is 0 Å². The predicted molar refractivity (Wildman–Crippen MR) is 115 cm³/mol. The number of imidazole rings is 1. The smallest absolute Gasteiger partial charge is 0.203 e. The number of rotatable bonds is 8. The van der Waals surface area contributed by atoms with Crippen molar-refractivity contribution in [1.29, 1.82) is 0 Å². The summed E-state index contributed by atoms with van der Waals surface area (Å²) in [5, 5.41) is 8.64. The van der Waals surface area contributed by atoms with Crippen LogP contribution in [0.3, 0.4) is 0 Å². The minimum absolute atomic E-state index is 0.541. The zero-order chi connectivity index (χ0) is 21.4. The molecule has 0 atom stereocenters. The highest BCUT2D eigenvalue weighted by molar-refractivity contribution is 5.87. The van der Waals surface area contributed by atoms with Crippen LogP contribution in [-0.2, 0) is 6.54 Å². The SMILES string of the molecule is COc1cc(-n2cnc(Nc3ncnc4c3cnn4CC3CC3)c2)cc(OC)c1OC. The molecule has 0 unspecified atom stereocenters. The third-order valence-electron chi connectivity index (χ3n) is 5.34. The van der Waals surface area contributed by atoms with Gasteiger partial charge in [0.2, 0.25) is 5.75 Å². The Bertz CT molecular complexity index is 1200. The summed E-state index contributed by atoms with van der Waals surface area (Å²) in [5.74, 6) is 3.70. The normalized spacial score (nSPS) is 13.4. The molecule has 1 fully saturated rings. The molecule has 3 aromatic heterocycles. The summed E-state index contributed by atoms with van der Waals surface area (Å²) in [6.07, 6.45) is 9.44. The lowest BCUT2D eigenvalue weighted by Crippen LogP contribution is -2.03. The summed E-state index contributed by atoms with van der Waals surface area (Å²) in [7, 11) is 4.76. The molecule has 160 valence electrons. The Hall–Kier alpha value is -3.82. The fourth-order valence-electron chi connectivity index (χ4n) is 3.54. The summed E-state index contributed by atoms with van der Waals surface area (Å²) >= 11 is 0. The van der Waals surface area contributed by atoms with Crippen LogP contribution in [0.5, 0.6) is 17.2 Å². The number of nitrogens with zero attached hydrogens (tertiary/aromatic N) is 6. The molecule has 1 N–H and O–H groups in total. The molecule has 10 nitrogen and oxygen atoms in total. The Morgan fingerprint density at radius 2 is 1.81 bits per heavy atom. The average Bonchev–Trinajstić information content (AvgIpc) is 3.33. The van der Waals surface area contributed by atoms with Gasteiger partial charge in [0.15, 0.2) is 17.1 Å². The first-order chi connectivity index (χ1) is 15.2. The van der Waals surface area contributed by atoms with E-state index in [1.54, 1.807) is 40.2 Å².